The van der Waals surface area contributed by atoms with Crippen LogP contribution in [0.3, 0.4) is 0 Å². The van der Waals surface area contributed by atoms with Gasteiger partial charge in [-0.2, -0.15) is 0 Å². The highest BCUT2D eigenvalue weighted by molar-refractivity contribution is 7.09. The minimum atomic E-state index is -1.12. The van der Waals surface area contributed by atoms with Crippen LogP contribution in [0.25, 0.3) is 0 Å². The minimum absolute atomic E-state index is 0.0147. The number of amides is 1. The number of rotatable bonds is 3. The van der Waals surface area contributed by atoms with Gasteiger partial charge in [-0.25, -0.2) is 9.78 Å². The molecule has 0 spiro atoms. The van der Waals surface area contributed by atoms with Crippen LogP contribution in [0.5, 0.6) is 0 Å². The number of carbonyl (C=O) groups is 2. The van der Waals surface area contributed by atoms with Crippen molar-refractivity contribution >= 4 is 23.2 Å². The molecule has 0 bridgehead atoms. The number of nitrogens with two attached hydrogens (primary N) is 1. The summed E-state index contributed by atoms with van der Waals surface area (Å²) >= 11 is 1.26. The van der Waals surface area contributed by atoms with E-state index in [4.69, 9.17) is 10.8 Å². The van der Waals surface area contributed by atoms with Crippen molar-refractivity contribution in [3.05, 3.63) is 16.1 Å². The quantitative estimate of drug-likeness (QED) is 0.709. The number of carboxylic acid groups (broad SMARTS) is 1. The Morgan fingerprint density at radius 1 is 1.63 bits per heavy atom. The first kappa shape index (κ1) is 13.9. The number of β-amino-alcohol motifs (C(OH)–C–C–N with tert-alkyl or cyclic N) is 1. The van der Waals surface area contributed by atoms with Crippen LogP contribution >= 0.6 is 11.3 Å². The van der Waals surface area contributed by atoms with E-state index in [-0.39, 0.29) is 24.7 Å². The van der Waals surface area contributed by atoms with Crippen LogP contribution < -0.4 is 5.73 Å². The first-order valence-corrected chi connectivity index (χ1v) is 6.71. The molecule has 1 aliphatic heterocycles. The van der Waals surface area contributed by atoms with E-state index in [0.29, 0.717) is 5.01 Å². The Morgan fingerprint density at radius 2 is 2.32 bits per heavy atom. The van der Waals surface area contributed by atoms with Gasteiger partial charge in [-0.1, -0.05) is 0 Å². The fourth-order valence-electron chi connectivity index (χ4n) is 2.01. The summed E-state index contributed by atoms with van der Waals surface area (Å²) in [6, 6.07) is -1.27. The van der Waals surface area contributed by atoms with E-state index in [0.717, 1.165) is 4.90 Å². The molecule has 1 aliphatic rings. The number of aliphatic hydroxyl groups is 1. The number of hydrogen-bond donors (Lipinski definition) is 3. The van der Waals surface area contributed by atoms with Crippen molar-refractivity contribution < 1.29 is 19.8 Å². The van der Waals surface area contributed by atoms with Crippen molar-refractivity contribution in [2.75, 3.05) is 6.54 Å². The monoisotopic (exact) mass is 285 g/mol. The number of hydrogen-bond acceptors (Lipinski definition) is 6. The number of aliphatic hydroxyl groups excluding tert-OH is 1. The SMILES string of the molecule is CC(N)c1nc(C(=O)N2C[C@@H](O)C[C@H]2C(=O)O)cs1. The summed E-state index contributed by atoms with van der Waals surface area (Å²) < 4.78 is 0. The van der Waals surface area contributed by atoms with E-state index < -0.39 is 24.0 Å². The molecular formula is C11H15N3O4S. The van der Waals surface area contributed by atoms with E-state index in [9.17, 15) is 14.7 Å². The number of likely N-dealkylation sites (tertiary alicyclic amines) is 1. The standard InChI is InChI=1S/C11H15N3O4S/c1-5(12)9-13-7(4-19-9)10(16)14-3-6(15)2-8(14)11(17)18/h4-6,8,15H,2-3,12H2,1H3,(H,17,18)/t5?,6-,8-/m0/s1. The van der Waals surface area contributed by atoms with Crippen LogP contribution in [0.4, 0.5) is 0 Å². The Kier molecular flexibility index (Phi) is 3.83. The Morgan fingerprint density at radius 3 is 2.84 bits per heavy atom. The van der Waals surface area contributed by atoms with E-state index >= 15 is 0 Å². The molecule has 1 fully saturated rings. The van der Waals surface area contributed by atoms with Gasteiger partial charge < -0.3 is 20.8 Å². The number of carbonyl (C=O) groups excluding carboxylic acids is 1. The number of carboxylic acids is 1. The van der Waals surface area contributed by atoms with Gasteiger partial charge in [0.25, 0.3) is 5.91 Å². The van der Waals surface area contributed by atoms with Gasteiger partial charge in [0.15, 0.2) is 0 Å². The number of aliphatic carboxylic acids is 1. The lowest BCUT2D eigenvalue weighted by molar-refractivity contribution is -0.141. The molecule has 0 saturated carbocycles. The second-order valence-electron chi connectivity index (χ2n) is 4.56. The highest BCUT2D eigenvalue weighted by atomic mass is 32.1. The lowest BCUT2D eigenvalue weighted by Crippen LogP contribution is -2.40. The Hall–Kier alpha value is -1.51. The van der Waals surface area contributed by atoms with E-state index in [1.807, 2.05) is 0 Å². The van der Waals surface area contributed by atoms with Gasteiger partial charge in [-0.3, -0.25) is 4.79 Å². The summed E-state index contributed by atoms with van der Waals surface area (Å²) in [6.45, 7) is 1.77. The highest BCUT2D eigenvalue weighted by Gasteiger charge is 2.39. The summed E-state index contributed by atoms with van der Waals surface area (Å²) in [6.07, 6.45) is -0.762. The second kappa shape index (κ2) is 5.24. The molecule has 19 heavy (non-hydrogen) atoms. The van der Waals surface area contributed by atoms with Gasteiger partial charge in [0.05, 0.1) is 12.1 Å². The summed E-state index contributed by atoms with van der Waals surface area (Å²) in [7, 11) is 0. The fraction of sp³-hybridized carbons (Fsp3) is 0.545. The van der Waals surface area contributed by atoms with Gasteiger partial charge in [0.1, 0.15) is 16.7 Å². The van der Waals surface area contributed by atoms with E-state index in [2.05, 4.69) is 4.98 Å². The van der Waals surface area contributed by atoms with E-state index in [1.165, 1.54) is 11.3 Å². The van der Waals surface area contributed by atoms with Crippen molar-refractivity contribution in [1.82, 2.24) is 9.88 Å². The average molecular weight is 285 g/mol. The van der Waals surface area contributed by atoms with Crippen LogP contribution in [-0.4, -0.2) is 50.7 Å². The second-order valence-corrected chi connectivity index (χ2v) is 5.45. The zero-order valence-corrected chi connectivity index (χ0v) is 11.1. The number of aromatic nitrogens is 1. The van der Waals surface area contributed by atoms with Crippen LogP contribution in [0.15, 0.2) is 5.38 Å². The molecule has 1 unspecified atom stereocenters. The van der Waals surface area contributed by atoms with Gasteiger partial charge in [0.2, 0.25) is 0 Å². The fourth-order valence-corrected chi connectivity index (χ4v) is 2.77. The van der Waals surface area contributed by atoms with Crippen molar-refractivity contribution in [3.63, 3.8) is 0 Å². The molecular weight excluding hydrogens is 270 g/mol. The Bertz CT molecular complexity index is 502. The summed E-state index contributed by atoms with van der Waals surface area (Å²) in [5, 5.41) is 20.7. The molecule has 0 aliphatic carbocycles. The van der Waals surface area contributed by atoms with Crippen LogP contribution in [-0.2, 0) is 4.79 Å². The molecule has 1 aromatic rings. The third-order valence-electron chi connectivity index (χ3n) is 2.96. The molecule has 1 aromatic heterocycles. The lowest BCUT2D eigenvalue weighted by Gasteiger charge is -2.19. The maximum atomic E-state index is 12.2. The molecule has 1 amide bonds. The third-order valence-corrected chi connectivity index (χ3v) is 4.00. The Balaban J connectivity index is 2.20. The van der Waals surface area contributed by atoms with Crippen LogP contribution in [0, 0.1) is 0 Å². The first-order valence-electron chi connectivity index (χ1n) is 5.83. The molecule has 0 radical (unpaired) electrons. The first-order chi connectivity index (χ1) is 8.90. The zero-order chi connectivity index (χ0) is 14.2. The molecule has 104 valence electrons. The molecule has 1 saturated heterocycles. The smallest absolute Gasteiger partial charge is 0.326 e. The number of thiazole rings is 1. The number of nitrogens with zero attached hydrogens (tertiary/aromatic N) is 2. The molecule has 4 N–H and O–H groups in total. The summed E-state index contributed by atoms with van der Waals surface area (Å²) in [4.78, 5) is 28.5. The predicted molar refractivity (Wildman–Crippen MR) is 67.8 cm³/mol. The molecule has 8 heteroatoms. The molecule has 2 heterocycles. The van der Waals surface area contributed by atoms with Gasteiger partial charge in [-0.05, 0) is 6.92 Å². The largest absolute Gasteiger partial charge is 0.480 e. The maximum absolute atomic E-state index is 12.2. The minimum Gasteiger partial charge on any atom is -0.480 e. The Labute approximate surface area is 113 Å². The van der Waals surface area contributed by atoms with Crippen molar-refractivity contribution in [2.24, 2.45) is 5.73 Å². The topological polar surface area (TPSA) is 117 Å². The van der Waals surface area contributed by atoms with Crippen molar-refractivity contribution in [2.45, 2.75) is 31.5 Å². The predicted octanol–water partition coefficient (Wildman–Crippen LogP) is -0.177. The van der Waals surface area contributed by atoms with Crippen molar-refractivity contribution in [1.29, 1.82) is 0 Å². The van der Waals surface area contributed by atoms with Gasteiger partial charge >= 0.3 is 5.97 Å². The van der Waals surface area contributed by atoms with Crippen LogP contribution in [0.2, 0.25) is 0 Å². The third kappa shape index (κ3) is 2.75. The molecule has 0 aromatic carbocycles. The highest BCUT2D eigenvalue weighted by Crippen LogP contribution is 2.23. The lowest BCUT2D eigenvalue weighted by atomic mass is 10.2. The maximum Gasteiger partial charge on any atom is 0.326 e. The van der Waals surface area contributed by atoms with E-state index in [1.54, 1.807) is 12.3 Å². The van der Waals surface area contributed by atoms with Crippen molar-refractivity contribution in [3.8, 4) is 0 Å². The molecule has 3 atom stereocenters. The summed E-state index contributed by atoms with van der Waals surface area (Å²) in [5.74, 6) is -1.60. The van der Waals surface area contributed by atoms with Gasteiger partial charge in [-0.15, -0.1) is 11.3 Å². The van der Waals surface area contributed by atoms with Gasteiger partial charge in [0, 0.05) is 18.3 Å². The van der Waals surface area contributed by atoms with Crippen LogP contribution in [0.1, 0.15) is 34.9 Å². The average Bonchev–Trinajstić information content (AvgIpc) is 2.94. The normalized spacial score (nSPS) is 24.5. The zero-order valence-electron chi connectivity index (χ0n) is 10.3. The molecule has 7 nitrogen and oxygen atoms in total. The molecule has 2 rings (SSSR count). The summed E-state index contributed by atoms with van der Waals surface area (Å²) in [5.41, 5.74) is 5.85.